The zero-order valence-corrected chi connectivity index (χ0v) is 17.6. The molecule has 4 rings (SSSR count). The van der Waals surface area contributed by atoms with Gasteiger partial charge in [-0.25, -0.2) is 0 Å². The summed E-state index contributed by atoms with van der Waals surface area (Å²) in [6.07, 6.45) is 0. The molecule has 0 saturated heterocycles. The summed E-state index contributed by atoms with van der Waals surface area (Å²) in [7, 11) is 1.61. The van der Waals surface area contributed by atoms with Gasteiger partial charge in [-0.1, -0.05) is 18.2 Å². The minimum Gasteiger partial charge on any atom is -0.454 e. The Morgan fingerprint density at radius 1 is 0.939 bits per heavy atom. The number of hydrogen-bond acceptors (Lipinski definition) is 7. The third-order valence-corrected chi connectivity index (χ3v) is 5.04. The summed E-state index contributed by atoms with van der Waals surface area (Å²) in [6, 6.07) is 15.9. The maximum absolute atomic E-state index is 12.9. The van der Waals surface area contributed by atoms with Gasteiger partial charge in [0.15, 0.2) is 11.5 Å². The van der Waals surface area contributed by atoms with Crippen molar-refractivity contribution in [2.45, 2.75) is 6.54 Å². The molecule has 0 bridgehead atoms. The third kappa shape index (κ3) is 4.69. The summed E-state index contributed by atoms with van der Waals surface area (Å²) in [5.41, 5.74) is 1.64. The summed E-state index contributed by atoms with van der Waals surface area (Å²) >= 11 is 0. The molecule has 3 aromatic carbocycles. The molecule has 0 unspecified atom stereocenters. The lowest BCUT2D eigenvalue weighted by molar-refractivity contribution is -0.384. The maximum Gasteiger partial charge on any atom is 0.270 e. The van der Waals surface area contributed by atoms with Crippen LogP contribution in [-0.2, 0) is 6.54 Å². The van der Waals surface area contributed by atoms with Gasteiger partial charge in [-0.05, 0) is 35.9 Å². The number of anilines is 2. The molecule has 0 fully saturated rings. The molecule has 3 aromatic rings. The lowest BCUT2D eigenvalue weighted by Crippen LogP contribution is -2.25. The molecule has 33 heavy (non-hydrogen) atoms. The number of carbonyl (C=O) groups excluding carboxylic acids is 2. The number of rotatable bonds is 7. The molecule has 10 nitrogen and oxygen atoms in total. The van der Waals surface area contributed by atoms with E-state index in [9.17, 15) is 19.7 Å². The van der Waals surface area contributed by atoms with E-state index in [1.54, 1.807) is 43.4 Å². The van der Waals surface area contributed by atoms with Crippen molar-refractivity contribution in [1.82, 2.24) is 5.32 Å². The predicted molar refractivity (Wildman–Crippen MR) is 121 cm³/mol. The second kappa shape index (κ2) is 9.27. The SMILES string of the molecule is CNc1ccc([N+](=O)[O-])cc1C(=O)Nc1ccccc1C(=O)NCc1ccc2c(c1)OCO2. The summed E-state index contributed by atoms with van der Waals surface area (Å²) < 4.78 is 10.6. The highest BCUT2D eigenvalue weighted by Gasteiger charge is 2.19. The fraction of sp³-hybridized carbons (Fsp3) is 0.130. The third-order valence-electron chi connectivity index (χ3n) is 5.04. The normalized spacial score (nSPS) is 11.5. The molecule has 3 N–H and O–H groups in total. The molecule has 1 aliphatic heterocycles. The van der Waals surface area contributed by atoms with Gasteiger partial charge in [-0.3, -0.25) is 19.7 Å². The molecule has 0 radical (unpaired) electrons. The smallest absolute Gasteiger partial charge is 0.270 e. The first-order valence-electron chi connectivity index (χ1n) is 9.99. The number of non-ortho nitro benzene ring substituents is 1. The van der Waals surface area contributed by atoms with E-state index in [0.29, 0.717) is 17.2 Å². The molecule has 0 atom stereocenters. The Labute approximate surface area is 188 Å². The Balaban J connectivity index is 1.50. The first-order chi connectivity index (χ1) is 16.0. The lowest BCUT2D eigenvalue weighted by Gasteiger charge is -2.13. The van der Waals surface area contributed by atoms with Crippen LogP contribution in [0.2, 0.25) is 0 Å². The predicted octanol–water partition coefficient (Wildman–Crippen LogP) is 3.55. The molecule has 2 amide bonds. The van der Waals surface area contributed by atoms with E-state index in [2.05, 4.69) is 16.0 Å². The summed E-state index contributed by atoms with van der Waals surface area (Å²) in [6.45, 7) is 0.407. The average Bonchev–Trinajstić information content (AvgIpc) is 3.30. The van der Waals surface area contributed by atoms with Gasteiger partial charge in [0.25, 0.3) is 17.5 Å². The Morgan fingerprint density at radius 3 is 2.52 bits per heavy atom. The second-order valence-electron chi connectivity index (χ2n) is 7.11. The van der Waals surface area contributed by atoms with E-state index in [-0.39, 0.29) is 35.8 Å². The van der Waals surface area contributed by atoms with Crippen LogP contribution in [0.25, 0.3) is 0 Å². The first kappa shape index (κ1) is 21.6. The second-order valence-corrected chi connectivity index (χ2v) is 7.11. The molecule has 1 aliphatic rings. The fourth-order valence-corrected chi connectivity index (χ4v) is 3.36. The Kier molecular flexibility index (Phi) is 6.07. The number of benzene rings is 3. The number of nitro benzene ring substituents is 1. The highest BCUT2D eigenvalue weighted by molar-refractivity contribution is 6.11. The van der Waals surface area contributed by atoms with Crippen molar-refractivity contribution < 1.29 is 24.0 Å². The fourth-order valence-electron chi connectivity index (χ4n) is 3.36. The monoisotopic (exact) mass is 448 g/mol. The van der Waals surface area contributed by atoms with Gasteiger partial charge < -0.3 is 25.4 Å². The average molecular weight is 448 g/mol. The van der Waals surface area contributed by atoms with Crippen LogP contribution < -0.4 is 25.4 Å². The van der Waals surface area contributed by atoms with Crippen molar-refractivity contribution in [2.24, 2.45) is 0 Å². The number of para-hydroxylation sites is 1. The van der Waals surface area contributed by atoms with Gasteiger partial charge in [0, 0.05) is 31.4 Å². The van der Waals surface area contributed by atoms with Crippen LogP contribution in [0.1, 0.15) is 26.3 Å². The van der Waals surface area contributed by atoms with Crippen LogP contribution in [0.3, 0.4) is 0 Å². The quantitative estimate of drug-likeness (QED) is 0.372. The largest absolute Gasteiger partial charge is 0.454 e. The van der Waals surface area contributed by atoms with Crippen molar-refractivity contribution >= 4 is 28.9 Å². The zero-order chi connectivity index (χ0) is 23.4. The number of fused-ring (bicyclic) bond motifs is 1. The van der Waals surface area contributed by atoms with Crippen molar-refractivity contribution in [3.63, 3.8) is 0 Å². The number of amides is 2. The van der Waals surface area contributed by atoms with Crippen LogP contribution in [0, 0.1) is 10.1 Å². The Hall–Kier alpha value is -4.60. The number of hydrogen-bond donors (Lipinski definition) is 3. The number of nitrogens with one attached hydrogen (secondary N) is 3. The first-order valence-corrected chi connectivity index (χ1v) is 9.99. The van der Waals surface area contributed by atoms with E-state index in [1.165, 1.54) is 18.2 Å². The number of nitro groups is 1. The molecule has 168 valence electrons. The summed E-state index contributed by atoms with van der Waals surface area (Å²) in [5, 5.41) is 19.5. The van der Waals surface area contributed by atoms with Crippen molar-refractivity contribution in [3.05, 3.63) is 87.5 Å². The van der Waals surface area contributed by atoms with E-state index in [0.717, 1.165) is 5.56 Å². The van der Waals surface area contributed by atoms with Gasteiger partial charge in [-0.15, -0.1) is 0 Å². The lowest BCUT2D eigenvalue weighted by atomic mass is 10.1. The molecular formula is C23H20N4O6. The van der Waals surface area contributed by atoms with Crippen LogP contribution >= 0.6 is 0 Å². The molecular weight excluding hydrogens is 428 g/mol. The molecule has 0 spiro atoms. The standard InChI is InChI=1S/C23H20N4O6/c1-24-18-8-7-15(27(30)31)11-17(18)23(29)26-19-5-3-2-4-16(19)22(28)25-12-14-6-9-20-21(10-14)33-13-32-20/h2-11,24H,12-13H2,1H3,(H,25,28)(H,26,29). The zero-order valence-electron chi connectivity index (χ0n) is 17.6. The van der Waals surface area contributed by atoms with E-state index >= 15 is 0 Å². The molecule has 10 heteroatoms. The summed E-state index contributed by atoms with van der Waals surface area (Å²) in [5.74, 6) is 0.294. The van der Waals surface area contributed by atoms with Crippen molar-refractivity contribution in [3.8, 4) is 11.5 Å². The Bertz CT molecular complexity index is 1240. The van der Waals surface area contributed by atoms with E-state index < -0.39 is 16.7 Å². The highest BCUT2D eigenvalue weighted by Crippen LogP contribution is 2.32. The highest BCUT2D eigenvalue weighted by atomic mass is 16.7. The van der Waals surface area contributed by atoms with E-state index in [1.807, 2.05) is 6.07 Å². The number of nitrogens with zero attached hydrogens (tertiary/aromatic N) is 1. The minimum atomic E-state index is -0.584. The molecule has 1 heterocycles. The molecule has 0 saturated carbocycles. The summed E-state index contributed by atoms with van der Waals surface area (Å²) in [4.78, 5) is 36.3. The Morgan fingerprint density at radius 2 is 1.73 bits per heavy atom. The van der Waals surface area contributed by atoms with Crippen LogP contribution in [0.4, 0.5) is 17.1 Å². The molecule has 0 aromatic heterocycles. The number of ether oxygens (including phenoxy) is 2. The van der Waals surface area contributed by atoms with Crippen LogP contribution in [0.15, 0.2) is 60.7 Å². The van der Waals surface area contributed by atoms with Gasteiger partial charge in [-0.2, -0.15) is 0 Å². The van der Waals surface area contributed by atoms with Crippen LogP contribution in [-0.4, -0.2) is 30.6 Å². The molecule has 0 aliphatic carbocycles. The maximum atomic E-state index is 12.9. The van der Waals surface area contributed by atoms with E-state index in [4.69, 9.17) is 9.47 Å². The van der Waals surface area contributed by atoms with Crippen LogP contribution in [0.5, 0.6) is 11.5 Å². The van der Waals surface area contributed by atoms with Crippen molar-refractivity contribution in [2.75, 3.05) is 24.5 Å². The number of carbonyl (C=O) groups is 2. The van der Waals surface area contributed by atoms with Gasteiger partial charge in [0.1, 0.15) is 0 Å². The van der Waals surface area contributed by atoms with Crippen molar-refractivity contribution in [1.29, 1.82) is 0 Å². The van der Waals surface area contributed by atoms with Gasteiger partial charge in [0.2, 0.25) is 6.79 Å². The van der Waals surface area contributed by atoms with Gasteiger partial charge in [0.05, 0.1) is 21.7 Å². The topological polar surface area (TPSA) is 132 Å². The van der Waals surface area contributed by atoms with Gasteiger partial charge >= 0.3 is 0 Å². The minimum absolute atomic E-state index is 0.0854.